The summed E-state index contributed by atoms with van der Waals surface area (Å²) in [6.45, 7) is 9.36. The quantitative estimate of drug-likeness (QED) is 0.230. The van der Waals surface area contributed by atoms with Gasteiger partial charge in [0, 0.05) is 39.8 Å². The van der Waals surface area contributed by atoms with E-state index in [1.807, 2.05) is 24.3 Å². The van der Waals surface area contributed by atoms with Gasteiger partial charge in [0.1, 0.15) is 0 Å². The lowest BCUT2D eigenvalue weighted by Gasteiger charge is -2.18. The second kappa shape index (κ2) is 14.7. The van der Waals surface area contributed by atoms with Crippen molar-refractivity contribution in [1.29, 1.82) is 0 Å². The van der Waals surface area contributed by atoms with Crippen molar-refractivity contribution in [3.8, 4) is 0 Å². The summed E-state index contributed by atoms with van der Waals surface area (Å²) in [7, 11) is 5.33. The van der Waals surface area contributed by atoms with Gasteiger partial charge >= 0.3 is 0 Å². The van der Waals surface area contributed by atoms with Gasteiger partial charge in [0.25, 0.3) is 5.91 Å². The molecular weight excluding hydrogens is 453 g/mol. The fourth-order valence-corrected chi connectivity index (χ4v) is 2.71. The van der Waals surface area contributed by atoms with Gasteiger partial charge in [-0.25, -0.2) is 0 Å². The van der Waals surface area contributed by atoms with Crippen molar-refractivity contribution >= 4 is 35.8 Å². The van der Waals surface area contributed by atoms with Crippen molar-refractivity contribution in [2.75, 3.05) is 53.9 Å². The minimum Gasteiger partial charge on any atom is -0.356 e. The average molecular weight is 489 g/mol. The van der Waals surface area contributed by atoms with Crippen LogP contribution in [0.1, 0.15) is 36.2 Å². The second-order valence-corrected chi connectivity index (χ2v) is 6.46. The largest absolute Gasteiger partial charge is 0.356 e. The molecule has 0 atom stereocenters. The van der Waals surface area contributed by atoms with E-state index >= 15 is 0 Å². The summed E-state index contributed by atoms with van der Waals surface area (Å²) in [5, 5.41) is 6.69. The zero-order chi connectivity index (χ0) is 19.4. The lowest BCUT2D eigenvalue weighted by Crippen LogP contribution is -2.39. The predicted molar refractivity (Wildman–Crippen MR) is 125 cm³/mol. The molecule has 1 aromatic rings. The number of benzene rings is 1. The fraction of sp³-hybridized carbons (Fsp3) is 0.600. The van der Waals surface area contributed by atoms with Gasteiger partial charge in [0.05, 0.1) is 0 Å². The second-order valence-electron chi connectivity index (χ2n) is 6.46. The average Bonchev–Trinajstić information content (AvgIpc) is 2.66. The molecule has 1 rings (SSSR count). The standard InChI is InChI=1S/C20H35N5O.HI/c1-6-25(7-2)15-9-13-22-20(21-3)23-14-12-17-10-8-11-18(16-17)19(26)24(4)5;/h8,10-11,16H,6-7,9,12-15H2,1-5H3,(H2,21,22,23);1H. The first-order valence-electron chi connectivity index (χ1n) is 9.49. The molecule has 0 aliphatic carbocycles. The predicted octanol–water partition coefficient (Wildman–Crippen LogP) is 2.45. The minimum atomic E-state index is 0. The summed E-state index contributed by atoms with van der Waals surface area (Å²) in [4.78, 5) is 20.3. The van der Waals surface area contributed by atoms with Crippen LogP contribution in [-0.2, 0) is 6.42 Å². The molecule has 0 saturated carbocycles. The zero-order valence-corrected chi connectivity index (χ0v) is 19.7. The highest BCUT2D eigenvalue weighted by molar-refractivity contribution is 14.0. The number of nitrogens with zero attached hydrogens (tertiary/aromatic N) is 3. The molecule has 0 saturated heterocycles. The molecule has 1 aromatic carbocycles. The third-order valence-corrected chi connectivity index (χ3v) is 4.35. The van der Waals surface area contributed by atoms with Crippen LogP contribution >= 0.6 is 24.0 Å². The third kappa shape index (κ3) is 9.95. The van der Waals surface area contributed by atoms with Gasteiger partial charge in [-0.05, 0) is 50.2 Å². The van der Waals surface area contributed by atoms with E-state index in [0.29, 0.717) is 0 Å². The molecule has 0 bridgehead atoms. The number of nitrogens with one attached hydrogen (secondary N) is 2. The molecule has 0 spiro atoms. The van der Waals surface area contributed by atoms with Gasteiger partial charge in [-0.15, -0.1) is 24.0 Å². The maximum atomic E-state index is 12.0. The molecule has 1 amide bonds. The Bertz CT molecular complexity index is 573. The van der Waals surface area contributed by atoms with Gasteiger partial charge in [0.15, 0.2) is 5.96 Å². The molecule has 0 aromatic heterocycles. The number of guanidine groups is 1. The van der Waals surface area contributed by atoms with E-state index < -0.39 is 0 Å². The summed E-state index contributed by atoms with van der Waals surface area (Å²) < 4.78 is 0. The summed E-state index contributed by atoms with van der Waals surface area (Å²) in [6.07, 6.45) is 1.94. The van der Waals surface area contributed by atoms with Crippen LogP contribution in [0.4, 0.5) is 0 Å². The van der Waals surface area contributed by atoms with Crippen molar-refractivity contribution in [2.24, 2.45) is 4.99 Å². The van der Waals surface area contributed by atoms with E-state index in [1.165, 1.54) is 0 Å². The maximum Gasteiger partial charge on any atom is 0.253 e. The molecule has 0 unspecified atom stereocenters. The van der Waals surface area contributed by atoms with Gasteiger partial charge in [-0.3, -0.25) is 9.79 Å². The number of carbonyl (C=O) groups is 1. The summed E-state index contributed by atoms with van der Waals surface area (Å²) in [5.74, 6) is 0.857. The van der Waals surface area contributed by atoms with Crippen molar-refractivity contribution in [3.05, 3.63) is 35.4 Å². The molecule has 0 heterocycles. The van der Waals surface area contributed by atoms with Gasteiger partial charge in [0.2, 0.25) is 0 Å². The first-order chi connectivity index (χ1) is 12.5. The summed E-state index contributed by atoms with van der Waals surface area (Å²) in [5.41, 5.74) is 1.87. The molecule has 0 radical (unpaired) electrons. The Balaban J connectivity index is 0.00000676. The Hall–Kier alpha value is -1.35. The number of halogens is 1. The molecule has 2 N–H and O–H groups in total. The zero-order valence-electron chi connectivity index (χ0n) is 17.4. The number of hydrogen-bond acceptors (Lipinski definition) is 3. The molecule has 6 nitrogen and oxygen atoms in total. The highest BCUT2D eigenvalue weighted by Crippen LogP contribution is 2.07. The van der Waals surface area contributed by atoms with E-state index in [9.17, 15) is 4.79 Å². The molecule has 27 heavy (non-hydrogen) atoms. The highest BCUT2D eigenvalue weighted by Gasteiger charge is 2.08. The summed E-state index contributed by atoms with van der Waals surface area (Å²) >= 11 is 0. The van der Waals surface area contributed by atoms with Gasteiger partial charge in [-0.2, -0.15) is 0 Å². The maximum absolute atomic E-state index is 12.0. The Kier molecular flexibility index (Phi) is 13.9. The SMILES string of the molecule is CCN(CC)CCCNC(=NC)NCCc1cccc(C(=O)N(C)C)c1.I. The van der Waals surface area contributed by atoms with E-state index in [4.69, 9.17) is 0 Å². The van der Waals surface area contributed by atoms with E-state index in [-0.39, 0.29) is 29.9 Å². The molecule has 0 aliphatic heterocycles. The Labute approximate surface area is 181 Å². The van der Waals surface area contributed by atoms with Crippen LogP contribution in [0.2, 0.25) is 0 Å². The first kappa shape index (κ1) is 25.6. The first-order valence-corrected chi connectivity index (χ1v) is 9.49. The van der Waals surface area contributed by atoms with E-state index in [2.05, 4.69) is 34.4 Å². The normalized spacial score (nSPS) is 11.1. The Morgan fingerprint density at radius 2 is 1.78 bits per heavy atom. The number of aliphatic imine (C=N–C) groups is 1. The van der Waals surface area contributed by atoms with Crippen LogP contribution in [0.3, 0.4) is 0 Å². The number of rotatable bonds is 10. The van der Waals surface area contributed by atoms with Crippen LogP contribution < -0.4 is 10.6 Å². The third-order valence-electron chi connectivity index (χ3n) is 4.35. The number of hydrogen-bond donors (Lipinski definition) is 2. The number of carbonyl (C=O) groups excluding carboxylic acids is 1. The highest BCUT2D eigenvalue weighted by atomic mass is 127. The van der Waals surface area contributed by atoms with E-state index in [0.717, 1.165) is 62.7 Å². The van der Waals surface area contributed by atoms with Crippen LogP contribution in [0, 0.1) is 0 Å². The lowest BCUT2D eigenvalue weighted by molar-refractivity contribution is 0.0827. The summed E-state index contributed by atoms with van der Waals surface area (Å²) in [6, 6.07) is 7.81. The molecule has 0 aliphatic rings. The van der Waals surface area contributed by atoms with Crippen molar-refractivity contribution < 1.29 is 4.79 Å². The minimum absolute atomic E-state index is 0. The lowest BCUT2D eigenvalue weighted by atomic mass is 10.1. The van der Waals surface area contributed by atoms with Crippen molar-refractivity contribution in [2.45, 2.75) is 26.7 Å². The van der Waals surface area contributed by atoms with Crippen LogP contribution in [-0.4, -0.2) is 75.5 Å². The molecule has 7 heteroatoms. The van der Waals surface area contributed by atoms with Crippen LogP contribution in [0.5, 0.6) is 0 Å². The fourth-order valence-electron chi connectivity index (χ4n) is 2.71. The van der Waals surface area contributed by atoms with E-state index in [1.54, 1.807) is 26.0 Å². The van der Waals surface area contributed by atoms with Gasteiger partial charge in [-0.1, -0.05) is 26.0 Å². The number of amides is 1. The Morgan fingerprint density at radius 1 is 1.11 bits per heavy atom. The Morgan fingerprint density at radius 3 is 2.37 bits per heavy atom. The van der Waals surface area contributed by atoms with Crippen molar-refractivity contribution in [3.63, 3.8) is 0 Å². The molecular formula is C20H36IN5O. The van der Waals surface area contributed by atoms with Crippen LogP contribution in [0.15, 0.2) is 29.3 Å². The topological polar surface area (TPSA) is 60.0 Å². The van der Waals surface area contributed by atoms with Crippen molar-refractivity contribution in [1.82, 2.24) is 20.4 Å². The van der Waals surface area contributed by atoms with Crippen LogP contribution in [0.25, 0.3) is 0 Å². The molecule has 0 fully saturated rings. The van der Waals surface area contributed by atoms with Gasteiger partial charge < -0.3 is 20.4 Å². The molecule has 154 valence electrons. The monoisotopic (exact) mass is 489 g/mol. The smallest absolute Gasteiger partial charge is 0.253 e.